The molecule has 0 saturated carbocycles. The first-order valence-corrected chi connectivity index (χ1v) is 6.87. The van der Waals surface area contributed by atoms with Crippen molar-refractivity contribution in [3.05, 3.63) is 28.3 Å². The third-order valence-corrected chi connectivity index (χ3v) is 3.10. The number of rotatable bonds is 6. The van der Waals surface area contributed by atoms with E-state index >= 15 is 0 Å². The van der Waals surface area contributed by atoms with Crippen molar-refractivity contribution in [2.45, 2.75) is 38.8 Å². The molecule has 1 aromatic carbocycles. The van der Waals surface area contributed by atoms with E-state index < -0.39 is 4.92 Å². The van der Waals surface area contributed by atoms with Crippen molar-refractivity contribution in [1.29, 1.82) is 0 Å². The highest BCUT2D eigenvalue weighted by molar-refractivity contribution is 5.50. The van der Waals surface area contributed by atoms with Crippen LogP contribution >= 0.6 is 0 Å². The highest BCUT2D eigenvalue weighted by Gasteiger charge is 2.19. The van der Waals surface area contributed by atoms with Crippen LogP contribution in [0.4, 0.5) is 5.69 Å². The average Bonchev–Trinajstić information content (AvgIpc) is 2.88. The van der Waals surface area contributed by atoms with Gasteiger partial charge >= 0.3 is 5.69 Å². The van der Waals surface area contributed by atoms with Crippen molar-refractivity contribution in [2.75, 3.05) is 13.2 Å². The summed E-state index contributed by atoms with van der Waals surface area (Å²) in [5.74, 6) is 0.849. The van der Waals surface area contributed by atoms with Gasteiger partial charge in [0.15, 0.2) is 0 Å². The first-order valence-electron chi connectivity index (χ1n) is 6.87. The largest absolute Gasteiger partial charge is 0.492 e. The van der Waals surface area contributed by atoms with Gasteiger partial charge in [0.1, 0.15) is 12.4 Å². The summed E-state index contributed by atoms with van der Waals surface area (Å²) < 4.78 is 11.2. The average molecular weight is 280 g/mol. The summed E-state index contributed by atoms with van der Waals surface area (Å²) in [6.07, 6.45) is 2.14. The van der Waals surface area contributed by atoms with Gasteiger partial charge in [0.2, 0.25) is 5.75 Å². The quantitative estimate of drug-likeness (QED) is 0.640. The number of hydrogen-bond donors (Lipinski definition) is 1. The Morgan fingerprint density at radius 3 is 2.90 bits per heavy atom. The molecule has 20 heavy (non-hydrogen) atoms. The van der Waals surface area contributed by atoms with Crippen LogP contribution in [0, 0.1) is 10.1 Å². The first kappa shape index (κ1) is 14.6. The summed E-state index contributed by atoms with van der Waals surface area (Å²) in [5.41, 5.74) is -0.0370. The Morgan fingerprint density at radius 2 is 2.30 bits per heavy atom. The van der Waals surface area contributed by atoms with Crippen LogP contribution in [0.1, 0.15) is 26.7 Å². The lowest BCUT2D eigenvalue weighted by molar-refractivity contribution is -0.386. The van der Waals surface area contributed by atoms with Crippen LogP contribution in [-0.2, 0) is 0 Å². The predicted molar refractivity (Wildman–Crippen MR) is 75.4 cm³/mol. The molecule has 0 spiro atoms. The maximum absolute atomic E-state index is 11.0. The molecule has 1 fully saturated rings. The fourth-order valence-electron chi connectivity index (χ4n) is 2.18. The third kappa shape index (κ3) is 3.84. The molecule has 0 bridgehead atoms. The maximum Gasteiger partial charge on any atom is 0.311 e. The summed E-state index contributed by atoms with van der Waals surface area (Å²) >= 11 is 0. The van der Waals surface area contributed by atoms with Crippen LogP contribution in [0.25, 0.3) is 0 Å². The SMILES string of the molecule is CC(C)Oc1cc(OCC2CCCN2)ccc1[N+](=O)[O-]. The van der Waals surface area contributed by atoms with E-state index in [-0.39, 0.29) is 17.5 Å². The summed E-state index contributed by atoms with van der Waals surface area (Å²) in [6.45, 7) is 5.26. The Labute approximate surface area is 118 Å². The second kappa shape index (κ2) is 6.56. The molecular formula is C14H20N2O4. The van der Waals surface area contributed by atoms with Crippen LogP contribution in [-0.4, -0.2) is 30.2 Å². The first-order chi connectivity index (χ1) is 9.56. The molecule has 1 N–H and O–H groups in total. The molecule has 0 amide bonds. The van der Waals surface area contributed by atoms with Gasteiger partial charge in [-0.3, -0.25) is 10.1 Å². The lowest BCUT2D eigenvalue weighted by atomic mass is 10.2. The van der Waals surface area contributed by atoms with Gasteiger partial charge in [0, 0.05) is 18.2 Å². The molecule has 6 nitrogen and oxygen atoms in total. The number of nitrogens with one attached hydrogen (secondary N) is 1. The van der Waals surface area contributed by atoms with E-state index in [4.69, 9.17) is 9.47 Å². The summed E-state index contributed by atoms with van der Waals surface area (Å²) in [5, 5.41) is 14.3. The Morgan fingerprint density at radius 1 is 1.50 bits per heavy atom. The minimum atomic E-state index is -0.444. The zero-order chi connectivity index (χ0) is 14.5. The van der Waals surface area contributed by atoms with Crippen molar-refractivity contribution >= 4 is 5.69 Å². The van der Waals surface area contributed by atoms with E-state index in [0.29, 0.717) is 18.4 Å². The number of nitro benzene ring substituents is 1. The molecule has 1 aliphatic heterocycles. The number of hydrogen-bond acceptors (Lipinski definition) is 5. The van der Waals surface area contributed by atoms with Crippen LogP contribution in [0.5, 0.6) is 11.5 Å². The molecule has 1 aromatic rings. The van der Waals surface area contributed by atoms with Crippen molar-refractivity contribution in [2.24, 2.45) is 0 Å². The highest BCUT2D eigenvalue weighted by atomic mass is 16.6. The van der Waals surface area contributed by atoms with Gasteiger partial charge in [-0.25, -0.2) is 0 Å². The van der Waals surface area contributed by atoms with E-state index in [9.17, 15) is 10.1 Å². The summed E-state index contributed by atoms with van der Waals surface area (Å²) in [7, 11) is 0. The standard InChI is InChI=1S/C14H20N2O4/c1-10(2)20-14-8-12(5-6-13(14)16(17)18)19-9-11-4-3-7-15-11/h5-6,8,10-11,15H,3-4,7,9H2,1-2H3. The zero-order valence-electron chi connectivity index (χ0n) is 11.8. The Balaban J connectivity index is 2.07. The van der Waals surface area contributed by atoms with E-state index in [1.165, 1.54) is 6.07 Å². The molecule has 0 radical (unpaired) electrons. The number of benzene rings is 1. The lowest BCUT2D eigenvalue weighted by Gasteiger charge is -2.14. The zero-order valence-corrected chi connectivity index (χ0v) is 11.8. The fraction of sp³-hybridized carbons (Fsp3) is 0.571. The monoisotopic (exact) mass is 280 g/mol. The molecule has 0 aromatic heterocycles. The third-order valence-electron chi connectivity index (χ3n) is 3.10. The van der Waals surface area contributed by atoms with Crippen LogP contribution in [0.2, 0.25) is 0 Å². The molecule has 110 valence electrons. The Hall–Kier alpha value is -1.82. The summed E-state index contributed by atoms with van der Waals surface area (Å²) in [4.78, 5) is 10.5. The van der Waals surface area contributed by atoms with Crippen LogP contribution in [0.15, 0.2) is 18.2 Å². The maximum atomic E-state index is 11.0. The second-order valence-corrected chi connectivity index (χ2v) is 5.16. The molecule has 1 unspecified atom stereocenters. The second-order valence-electron chi connectivity index (χ2n) is 5.16. The predicted octanol–water partition coefficient (Wildman–Crippen LogP) is 2.51. The molecular weight excluding hydrogens is 260 g/mol. The van der Waals surface area contributed by atoms with E-state index in [1.807, 2.05) is 13.8 Å². The van der Waals surface area contributed by atoms with Crippen molar-refractivity contribution < 1.29 is 14.4 Å². The van der Waals surface area contributed by atoms with Gasteiger partial charge in [-0.2, -0.15) is 0 Å². The molecule has 1 aliphatic rings. The van der Waals surface area contributed by atoms with Crippen LogP contribution < -0.4 is 14.8 Å². The Bertz CT molecular complexity index is 470. The minimum Gasteiger partial charge on any atom is -0.492 e. The van der Waals surface area contributed by atoms with E-state index in [0.717, 1.165) is 19.4 Å². The Kier molecular flexibility index (Phi) is 4.79. The van der Waals surface area contributed by atoms with Gasteiger partial charge < -0.3 is 14.8 Å². The molecule has 0 aliphatic carbocycles. The normalized spacial score (nSPS) is 18.2. The molecule has 2 rings (SSSR count). The van der Waals surface area contributed by atoms with Gasteiger partial charge in [0.05, 0.1) is 11.0 Å². The van der Waals surface area contributed by atoms with Crippen molar-refractivity contribution in [1.82, 2.24) is 5.32 Å². The van der Waals surface area contributed by atoms with E-state index in [2.05, 4.69) is 5.32 Å². The van der Waals surface area contributed by atoms with Gasteiger partial charge in [0.25, 0.3) is 0 Å². The van der Waals surface area contributed by atoms with Gasteiger partial charge in [-0.05, 0) is 39.3 Å². The lowest BCUT2D eigenvalue weighted by Crippen LogP contribution is -2.28. The molecule has 6 heteroatoms. The highest BCUT2D eigenvalue weighted by Crippen LogP contribution is 2.32. The topological polar surface area (TPSA) is 73.6 Å². The van der Waals surface area contributed by atoms with Crippen LogP contribution in [0.3, 0.4) is 0 Å². The summed E-state index contributed by atoms with van der Waals surface area (Å²) in [6, 6.07) is 4.99. The van der Waals surface area contributed by atoms with Gasteiger partial charge in [-0.1, -0.05) is 0 Å². The van der Waals surface area contributed by atoms with Crippen molar-refractivity contribution in [3.8, 4) is 11.5 Å². The fourth-order valence-corrected chi connectivity index (χ4v) is 2.18. The molecule has 1 saturated heterocycles. The molecule has 1 atom stereocenters. The number of nitro groups is 1. The van der Waals surface area contributed by atoms with Crippen molar-refractivity contribution in [3.63, 3.8) is 0 Å². The number of ether oxygens (including phenoxy) is 2. The minimum absolute atomic E-state index is 0.0370. The molecule has 1 heterocycles. The van der Waals surface area contributed by atoms with Gasteiger partial charge in [-0.15, -0.1) is 0 Å². The smallest absolute Gasteiger partial charge is 0.311 e. The number of nitrogens with zero attached hydrogens (tertiary/aromatic N) is 1. The van der Waals surface area contributed by atoms with E-state index in [1.54, 1.807) is 12.1 Å².